The number of benzene rings is 1. The Hall–Kier alpha value is -1.39. The van der Waals surface area contributed by atoms with Crippen molar-refractivity contribution >= 4 is 35.9 Å². The molecule has 0 saturated carbocycles. The Morgan fingerprint density at radius 1 is 1.16 bits per heavy atom. The van der Waals surface area contributed by atoms with Gasteiger partial charge in [0, 0.05) is 39.3 Å². The number of hydrogen-bond acceptors (Lipinski definition) is 5. The van der Waals surface area contributed by atoms with Gasteiger partial charge in [0.2, 0.25) is 0 Å². The molecule has 0 spiro atoms. The van der Waals surface area contributed by atoms with Gasteiger partial charge in [-0.15, -0.1) is 24.0 Å². The predicted molar refractivity (Wildman–Crippen MR) is 134 cm³/mol. The summed E-state index contributed by atoms with van der Waals surface area (Å²) < 4.78 is 10.6. The van der Waals surface area contributed by atoms with Crippen molar-refractivity contribution in [3.63, 3.8) is 0 Å². The standard InChI is InChI=1S/C23H36N4O3.HI/c1-3-24-23(27-11-5-6-21(18-27)22(28)30-4-2)25-16-19-7-9-20(10-8-19)17-26-12-14-29-15-13-26;/h7-10,21H,3-6,11-18H2,1-2H3,(H,24,25);1H. The SMILES string of the molecule is CCNC(=NCc1ccc(CN2CCOCC2)cc1)N1CCCC(C(=O)OCC)C1.I. The molecule has 0 amide bonds. The molecule has 3 rings (SSSR count). The second kappa shape index (κ2) is 13.9. The Morgan fingerprint density at radius 2 is 1.87 bits per heavy atom. The predicted octanol–water partition coefficient (Wildman–Crippen LogP) is 2.88. The van der Waals surface area contributed by atoms with E-state index in [1.807, 2.05) is 6.92 Å². The normalized spacial score (nSPS) is 20.1. The third-order valence-corrected chi connectivity index (χ3v) is 5.62. The summed E-state index contributed by atoms with van der Waals surface area (Å²) in [5, 5.41) is 3.38. The van der Waals surface area contributed by atoms with E-state index in [-0.39, 0.29) is 35.9 Å². The van der Waals surface area contributed by atoms with Crippen molar-refractivity contribution in [1.82, 2.24) is 15.1 Å². The summed E-state index contributed by atoms with van der Waals surface area (Å²) in [5.74, 6) is 0.722. The molecule has 1 aromatic rings. The largest absolute Gasteiger partial charge is 0.466 e. The average molecular weight is 544 g/mol. The molecule has 1 N–H and O–H groups in total. The minimum absolute atomic E-state index is 0. The molecule has 2 fully saturated rings. The van der Waals surface area contributed by atoms with Gasteiger partial charge in [0.05, 0.1) is 32.3 Å². The molecule has 0 aromatic heterocycles. The molecule has 0 bridgehead atoms. The van der Waals surface area contributed by atoms with Crippen LogP contribution in [0.3, 0.4) is 0 Å². The number of halogens is 1. The minimum atomic E-state index is -0.0890. The van der Waals surface area contributed by atoms with Crippen molar-refractivity contribution in [1.29, 1.82) is 0 Å². The van der Waals surface area contributed by atoms with Gasteiger partial charge < -0.3 is 19.7 Å². The second-order valence-corrected chi connectivity index (χ2v) is 7.91. The van der Waals surface area contributed by atoms with Gasteiger partial charge in [-0.2, -0.15) is 0 Å². The maximum absolute atomic E-state index is 12.2. The third kappa shape index (κ3) is 8.23. The zero-order chi connectivity index (χ0) is 21.2. The number of rotatable bonds is 7. The van der Waals surface area contributed by atoms with Crippen LogP contribution in [-0.2, 0) is 27.4 Å². The summed E-state index contributed by atoms with van der Waals surface area (Å²) >= 11 is 0. The molecule has 8 heteroatoms. The van der Waals surface area contributed by atoms with Crippen LogP contribution in [0.4, 0.5) is 0 Å². The van der Waals surface area contributed by atoms with Gasteiger partial charge in [0.25, 0.3) is 0 Å². The number of hydrogen-bond donors (Lipinski definition) is 1. The number of guanidine groups is 1. The van der Waals surface area contributed by atoms with E-state index in [1.54, 1.807) is 0 Å². The second-order valence-electron chi connectivity index (χ2n) is 7.91. The first kappa shape index (κ1) is 25.9. The van der Waals surface area contributed by atoms with E-state index < -0.39 is 0 Å². The Labute approximate surface area is 203 Å². The molecule has 1 unspecified atom stereocenters. The summed E-state index contributed by atoms with van der Waals surface area (Å²) in [6, 6.07) is 8.73. The molecule has 2 aliphatic rings. The maximum Gasteiger partial charge on any atom is 0.310 e. The van der Waals surface area contributed by atoms with E-state index >= 15 is 0 Å². The quantitative estimate of drug-likeness (QED) is 0.247. The van der Waals surface area contributed by atoms with Gasteiger partial charge in [0.15, 0.2) is 5.96 Å². The van der Waals surface area contributed by atoms with Crippen LogP contribution in [0.1, 0.15) is 37.8 Å². The Kier molecular flexibility index (Phi) is 11.6. The molecular weight excluding hydrogens is 507 g/mol. The number of esters is 1. The lowest BCUT2D eigenvalue weighted by atomic mass is 9.98. The summed E-state index contributed by atoms with van der Waals surface area (Å²) in [6.45, 7) is 12.0. The van der Waals surface area contributed by atoms with Crippen molar-refractivity contribution < 1.29 is 14.3 Å². The highest BCUT2D eigenvalue weighted by Gasteiger charge is 2.28. The van der Waals surface area contributed by atoms with Gasteiger partial charge >= 0.3 is 5.97 Å². The minimum Gasteiger partial charge on any atom is -0.466 e. The van der Waals surface area contributed by atoms with Crippen molar-refractivity contribution in [3.05, 3.63) is 35.4 Å². The van der Waals surface area contributed by atoms with E-state index in [4.69, 9.17) is 14.5 Å². The van der Waals surface area contributed by atoms with Crippen LogP contribution in [0, 0.1) is 5.92 Å². The molecule has 1 atom stereocenters. The van der Waals surface area contributed by atoms with Crippen LogP contribution < -0.4 is 5.32 Å². The molecule has 2 saturated heterocycles. The summed E-state index contributed by atoms with van der Waals surface area (Å²) in [7, 11) is 0. The molecule has 0 radical (unpaired) electrons. The average Bonchev–Trinajstić information content (AvgIpc) is 2.78. The number of ether oxygens (including phenoxy) is 2. The number of carbonyl (C=O) groups excluding carboxylic acids is 1. The number of nitrogens with zero attached hydrogens (tertiary/aromatic N) is 3. The number of aliphatic imine (C=N–C) groups is 1. The van der Waals surface area contributed by atoms with Crippen LogP contribution in [-0.4, -0.2) is 74.3 Å². The fraction of sp³-hybridized carbons (Fsp3) is 0.652. The molecule has 7 nitrogen and oxygen atoms in total. The fourth-order valence-corrected chi connectivity index (χ4v) is 3.98. The number of morpholine rings is 1. The van der Waals surface area contributed by atoms with Crippen molar-refractivity contribution in [2.75, 3.05) is 52.5 Å². The smallest absolute Gasteiger partial charge is 0.310 e. The first-order chi connectivity index (χ1) is 14.7. The summed E-state index contributed by atoms with van der Waals surface area (Å²) in [6.07, 6.45) is 1.86. The first-order valence-corrected chi connectivity index (χ1v) is 11.3. The fourth-order valence-electron chi connectivity index (χ4n) is 3.98. The number of piperidine rings is 1. The van der Waals surface area contributed by atoms with E-state index in [9.17, 15) is 4.79 Å². The third-order valence-electron chi connectivity index (χ3n) is 5.62. The lowest BCUT2D eigenvalue weighted by Gasteiger charge is -2.34. The van der Waals surface area contributed by atoms with Crippen LogP contribution >= 0.6 is 24.0 Å². The van der Waals surface area contributed by atoms with Crippen molar-refractivity contribution in [2.24, 2.45) is 10.9 Å². The van der Waals surface area contributed by atoms with Crippen LogP contribution in [0.2, 0.25) is 0 Å². The lowest BCUT2D eigenvalue weighted by Crippen LogP contribution is -2.48. The van der Waals surface area contributed by atoms with Gasteiger partial charge in [-0.25, -0.2) is 4.99 Å². The van der Waals surface area contributed by atoms with Crippen LogP contribution in [0.5, 0.6) is 0 Å². The van der Waals surface area contributed by atoms with E-state index in [0.29, 0.717) is 19.7 Å². The zero-order valence-electron chi connectivity index (χ0n) is 18.8. The molecule has 174 valence electrons. The zero-order valence-corrected chi connectivity index (χ0v) is 21.2. The maximum atomic E-state index is 12.2. The summed E-state index contributed by atoms with van der Waals surface area (Å²) in [5.41, 5.74) is 2.51. The highest BCUT2D eigenvalue weighted by Crippen LogP contribution is 2.18. The first-order valence-electron chi connectivity index (χ1n) is 11.3. The molecule has 2 aliphatic heterocycles. The van der Waals surface area contributed by atoms with Gasteiger partial charge in [-0.3, -0.25) is 9.69 Å². The van der Waals surface area contributed by atoms with E-state index in [1.165, 1.54) is 11.1 Å². The molecule has 1 aromatic carbocycles. The Bertz CT molecular complexity index is 693. The summed E-state index contributed by atoms with van der Waals surface area (Å²) in [4.78, 5) is 21.6. The van der Waals surface area contributed by atoms with Gasteiger partial charge in [0.1, 0.15) is 0 Å². The van der Waals surface area contributed by atoms with E-state index in [2.05, 4.69) is 46.3 Å². The number of nitrogens with one attached hydrogen (secondary N) is 1. The van der Waals surface area contributed by atoms with Gasteiger partial charge in [-0.05, 0) is 37.8 Å². The monoisotopic (exact) mass is 544 g/mol. The Balaban J connectivity index is 0.00000341. The molecule has 31 heavy (non-hydrogen) atoms. The van der Waals surface area contributed by atoms with Crippen molar-refractivity contribution in [2.45, 2.75) is 39.8 Å². The molecule has 0 aliphatic carbocycles. The molecule has 2 heterocycles. The van der Waals surface area contributed by atoms with E-state index in [0.717, 1.165) is 64.7 Å². The highest BCUT2D eigenvalue weighted by atomic mass is 127. The van der Waals surface area contributed by atoms with Gasteiger partial charge in [-0.1, -0.05) is 24.3 Å². The topological polar surface area (TPSA) is 66.4 Å². The Morgan fingerprint density at radius 3 is 2.55 bits per heavy atom. The molecular formula is C23H37IN4O3. The van der Waals surface area contributed by atoms with Crippen LogP contribution in [0.15, 0.2) is 29.3 Å². The highest BCUT2D eigenvalue weighted by molar-refractivity contribution is 14.0. The van der Waals surface area contributed by atoms with Crippen molar-refractivity contribution in [3.8, 4) is 0 Å². The number of carbonyl (C=O) groups is 1. The lowest BCUT2D eigenvalue weighted by molar-refractivity contribution is -0.149. The number of likely N-dealkylation sites (tertiary alicyclic amines) is 1. The van der Waals surface area contributed by atoms with Crippen LogP contribution in [0.25, 0.3) is 0 Å².